The minimum atomic E-state index is -0.695. The predicted molar refractivity (Wildman–Crippen MR) is 69.7 cm³/mol. The van der Waals surface area contributed by atoms with Crippen molar-refractivity contribution in [1.29, 1.82) is 0 Å². The Morgan fingerprint density at radius 1 is 1.32 bits per heavy atom. The number of nitrogens with one attached hydrogen (secondary N) is 1. The maximum Gasteiger partial charge on any atom is 0.224 e. The molecule has 0 aliphatic heterocycles. The zero-order chi connectivity index (χ0) is 13.8. The molecule has 2 aromatic rings. The number of rotatable bonds is 4. The zero-order valence-electron chi connectivity index (χ0n) is 9.75. The van der Waals surface area contributed by atoms with Crippen LogP contribution in [-0.2, 0) is 11.2 Å². The lowest BCUT2D eigenvalue weighted by molar-refractivity contribution is -0.116. The average molecular weight is 330 g/mol. The highest BCUT2D eigenvalue weighted by Gasteiger charge is 2.11. The third kappa shape index (κ3) is 3.64. The van der Waals surface area contributed by atoms with Crippen LogP contribution in [0.2, 0.25) is 0 Å². The van der Waals surface area contributed by atoms with E-state index in [0.717, 1.165) is 12.1 Å². The summed E-state index contributed by atoms with van der Waals surface area (Å²) >= 11 is 2.86. The highest BCUT2D eigenvalue weighted by Crippen LogP contribution is 2.23. The Bertz CT molecular complexity index is 585. The van der Waals surface area contributed by atoms with Gasteiger partial charge in [0.1, 0.15) is 17.4 Å². The van der Waals surface area contributed by atoms with E-state index in [-0.39, 0.29) is 16.6 Å². The molecule has 0 atom stereocenters. The van der Waals surface area contributed by atoms with E-state index in [0.29, 0.717) is 12.2 Å². The van der Waals surface area contributed by atoms with E-state index in [1.807, 2.05) is 0 Å². The number of halogens is 3. The molecule has 6 heteroatoms. The van der Waals surface area contributed by atoms with Crippen LogP contribution in [0.15, 0.2) is 39.4 Å². The van der Waals surface area contributed by atoms with Crippen LogP contribution in [0.1, 0.15) is 12.2 Å². The Morgan fingerprint density at radius 3 is 2.79 bits per heavy atom. The van der Waals surface area contributed by atoms with Gasteiger partial charge >= 0.3 is 0 Å². The van der Waals surface area contributed by atoms with Gasteiger partial charge < -0.3 is 9.73 Å². The first-order valence-electron chi connectivity index (χ1n) is 5.53. The van der Waals surface area contributed by atoms with Crippen LogP contribution in [0.4, 0.5) is 14.5 Å². The minimum Gasteiger partial charge on any atom is -0.469 e. The molecule has 0 aliphatic rings. The fraction of sp³-hybridized carbons (Fsp3) is 0.154. The SMILES string of the molecule is O=C(CCc1ccco1)Nc1cc(F)c(Br)cc1F. The largest absolute Gasteiger partial charge is 0.469 e. The lowest BCUT2D eigenvalue weighted by atomic mass is 10.2. The van der Waals surface area contributed by atoms with Crippen LogP contribution in [0.3, 0.4) is 0 Å². The summed E-state index contributed by atoms with van der Waals surface area (Å²) < 4.78 is 31.8. The van der Waals surface area contributed by atoms with Gasteiger partial charge in [-0.05, 0) is 34.1 Å². The van der Waals surface area contributed by atoms with Crippen molar-refractivity contribution in [1.82, 2.24) is 0 Å². The molecule has 0 aliphatic carbocycles. The van der Waals surface area contributed by atoms with Crippen LogP contribution in [0.25, 0.3) is 0 Å². The third-order valence-corrected chi connectivity index (χ3v) is 3.07. The lowest BCUT2D eigenvalue weighted by Gasteiger charge is -2.07. The summed E-state index contributed by atoms with van der Waals surface area (Å²) in [6.45, 7) is 0. The zero-order valence-corrected chi connectivity index (χ0v) is 11.3. The number of carbonyl (C=O) groups excluding carboxylic acids is 1. The summed E-state index contributed by atoms with van der Waals surface area (Å²) in [6.07, 6.45) is 2.04. The van der Waals surface area contributed by atoms with Crippen LogP contribution in [0.5, 0.6) is 0 Å². The summed E-state index contributed by atoms with van der Waals surface area (Å²) in [5, 5.41) is 2.32. The third-order valence-electron chi connectivity index (χ3n) is 2.46. The molecule has 0 bridgehead atoms. The maximum absolute atomic E-state index is 13.5. The van der Waals surface area contributed by atoms with Crippen molar-refractivity contribution in [3.63, 3.8) is 0 Å². The topological polar surface area (TPSA) is 42.2 Å². The Hall–Kier alpha value is -1.69. The van der Waals surface area contributed by atoms with Gasteiger partial charge in [0.15, 0.2) is 0 Å². The summed E-state index contributed by atoms with van der Waals surface area (Å²) in [5.74, 6) is -1.07. The van der Waals surface area contributed by atoms with E-state index >= 15 is 0 Å². The molecule has 1 aromatic heterocycles. The summed E-state index contributed by atoms with van der Waals surface area (Å²) in [6, 6.07) is 5.37. The molecule has 1 heterocycles. The van der Waals surface area contributed by atoms with Gasteiger partial charge in [0.25, 0.3) is 0 Å². The molecule has 19 heavy (non-hydrogen) atoms. The smallest absolute Gasteiger partial charge is 0.224 e. The number of hydrogen-bond donors (Lipinski definition) is 1. The molecule has 100 valence electrons. The summed E-state index contributed by atoms with van der Waals surface area (Å²) in [4.78, 5) is 11.6. The van der Waals surface area contributed by atoms with Gasteiger partial charge in [-0.3, -0.25) is 4.79 Å². The van der Waals surface area contributed by atoms with E-state index in [4.69, 9.17) is 4.42 Å². The normalized spacial score (nSPS) is 10.5. The first-order chi connectivity index (χ1) is 9.06. The molecular weight excluding hydrogens is 320 g/mol. The second-order valence-electron chi connectivity index (χ2n) is 3.87. The van der Waals surface area contributed by atoms with E-state index in [9.17, 15) is 13.6 Å². The first-order valence-corrected chi connectivity index (χ1v) is 6.32. The molecule has 1 amide bonds. The van der Waals surface area contributed by atoms with E-state index in [2.05, 4.69) is 21.2 Å². The van der Waals surface area contributed by atoms with Crippen LogP contribution >= 0.6 is 15.9 Å². The Morgan fingerprint density at radius 2 is 2.11 bits per heavy atom. The standard InChI is InChI=1S/C13H10BrF2NO2/c14-9-6-11(16)12(7-10(9)15)17-13(18)4-3-8-2-1-5-19-8/h1-2,5-7H,3-4H2,(H,17,18). The van der Waals surface area contributed by atoms with E-state index in [1.54, 1.807) is 12.1 Å². The van der Waals surface area contributed by atoms with Gasteiger partial charge in [-0.2, -0.15) is 0 Å². The maximum atomic E-state index is 13.5. The van der Waals surface area contributed by atoms with Crippen molar-refractivity contribution in [2.24, 2.45) is 0 Å². The molecular formula is C13H10BrF2NO2. The number of hydrogen-bond acceptors (Lipinski definition) is 2. The number of anilines is 1. The Labute approximate surface area is 116 Å². The molecule has 0 saturated heterocycles. The second-order valence-corrected chi connectivity index (χ2v) is 4.73. The van der Waals surface area contributed by atoms with Crippen molar-refractivity contribution in [3.05, 3.63) is 52.4 Å². The van der Waals surface area contributed by atoms with Crippen molar-refractivity contribution >= 4 is 27.5 Å². The van der Waals surface area contributed by atoms with Crippen molar-refractivity contribution in [2.45, 2.75) is 12.8 Å². The molecule has 1 N–H and O–H groups in total. The number of furan rings is 1. The van der Waals surface area contributed by atoms with Crippen LogP contribution < -0.4 is 5.32 Å². The van der Waals surface area contributed by atoms with E-state index < -0.39 is 17.5 Å². The quantitative estimate of drug-likeness (QED) is 0.864. The first kappa shape index (κ1) is 13.7. The number of amides is 1. The molecule has 0 spiro atoms. The molecule has 0 saturated carbocycles. The molecule has 3 nitrogen and oxygen atoms in total. The Kier molecular flexibility index (Phi) is 4.31. The predicted octanol–water partition coefficient (Wildman–Crippen LogP) is 3.89. The Balaban J connectivity index is 1.97. The van der Waals surface area contributed by atoms with Gasteiger partial charge in [-0.25, -0.2) is 8.78 Å². The number of benzene rings is 1. The highest BCUT2D eigenvalue weighted by atomic mass is 79.9. The summed E-state index contributed by atoms with van der Waals surface area (Å²) in [5.41, 5.74) is -0.176. The number of carbonyl (C=O) groups is 1. The highest BCUT2D eigenvalue weighted by molar-refractivity contribution is 9.10. The summed E-state index contributed by atoms with van der Waals surface area (Å²) in [7, 11) is 0. The monoisotopic (exact) mass is 329 g/mol. The van der Waals surface area contributed by atoms with E-state index in [1.165, 1.54) is 6.26 Å². The molecule has 0 radical (unpaired) electrons. The molecule has 0 fully saturated rings. The van der Waals surface area contributed by atoms with Crippen molar-refractivity contribution < 1.29 is 18.0 Å². The van der Waals surface area contributed by atoms with Crippen molar-refractivity contribution in [3.8, 4) is 0 Å². The fourth-order valence-corrected chi connectivity index (χ4v) is 1.84. The average Bonchev–Trinajstić information content (AvgIpc) is 2.86. The molecule has 2 rings (SSSR count). The molecule has 0 unspecified atom stereocenters. The second kappa shape index (κ2) is 5.97. The molecule has 1 aromatic carbocycles. The van der Waals surface area contributed by atoms with Gasteiger partial charge in [0, 0.05) is 18.9 Å². The van der Waals surface area contributed by atoms with Crippen molar-refractivity contribution in [2.75, 3.05) is 5.32 Å². The van der Waals surface area contributed by atoms with Gasteiger partial charge in [-0.1, -0.05) is 0 Å². The van der Waals surface area contributed by atoms with Gasteiger partial charge in [0.05, 0.1) is 16.4 Å². The van der Waals surface area contributed by atoms with Crippen LogP contribution in [0, 0.1) is 11.6 Å². The lowest BCUT2D eigenvalue weighted by Crippen LogP contribution is -2.13. The number of aryl methyl sites for hydroxylation is 1. The van der Waals surface area contributed by atoms with Crippen LogP contribution in [-0.4, -0.2) is 5.91 Å². The minimum absolute atomic E-state index is 0.0126. The van der Waals surface area contributed by atoms with Gasteiger partial charge in [0.2, 0.25) is 5.91 Å². The fourth-order valence-electron chi connectivity index (χ4n) is 1.52. The van der Waals surface area contributed by atoms with Gasteiger partial charge in [-0.15, -0.1) is 0 Å².